The number of amides is 2. The third-order valence-electron chi connectivity index (χ3n) is 5.70. The van der Waals surface area contributed by atoms with Crippen molar-refractivity contribution in [2.75, 3.05) is 11.5 Å². The normalized spacial score (nSPS) is 26.4. The molecular formula is C19H29N3O6S. The zero-order valence-corrected chi connectivity index (χ0v) is 17.6. The molecule has 0 aromatic carbocycles. The van der Waals surface area contributed by atoms with E-state index in [1.807, 2.05) is 0 Å². The van der Waals surface area contributed by atoms with Crippen LogP contribution in [0.1, 0.15) is 64.7 Å². The summed E-state index contributed by atoms with van der Waals surface area (Å²) in [5.41, 5.74) is 0.0445. The van der Waals surface area contributed by atoms with Crippen LogP contribution in [0.5, 0.6) is 0 Å². The van der Waals surface area contributed by atoms with E-state index < -0.39 is 28.0 Å². The van der Waals surface area contributed by atoms with E-state index in [9.17, 15) is 22.8 Å². The molecule has 0 radical (unpaired) electrons. The summed E-state index contributed by atoms with van der Waals surface area (Å²) in [6.45, 7) is 1.51. The van der Waals surface area contributed by atoms with E-state index in [1.165, 1.54) is 19.8 Å². The van der Waals surface area contributed by atoms with Crippen LogP contribution in [-0.4, -0.2) is 66.6 Å². The first kappa shape index (κ1) is 21.7. The molecule has 2 atom stereocenters. The number of esters is 1. The van der Waals surface area contributed by atoms with E-state index >= 15 is 0 Å². The first-order valence-corrected chi connectivity index (χ1v) is 12.2. The minimum atomic E-state index is -3.19. The average molecular weight is 428 g/mol. The highest BCUT2D eigenvalue weighted by Crippen LogP contribution is 2.22. The Kier molecular flexibility index (Phi) is 6.92. The number of hydrogen-bond donors (Lipinski definition) is 1. The van der Waals surface area contributed by atoms with Crippen LogP contribution in [0.25, 0.3) is 0 Å². The molecule has 1 aliphatic carbocycles. The lowest BCUT2D eigenvalue weighted by Gasteiger charge is -2.27. The van der Waals surface area contributed by atoms with Gasteiger partial charge in [0.25, 0.3) is 5.91 Å². The smallest absolute Gasteiger partial charge is 0.355 e. The second kappa shape index (κ2) is 9.23. The zero-order valence-electron chi connectivity index (χ0n) is 16.8. The molecule has 2 fully saturated rings. The Morgan fingerprint density at radius 2 is 1.83 bits per heavy atom. The van der Waals surface area contributed by atoms with Gasteiger partial charge in [-0.3, -0.25) is 9.59 Å². The van der Waals surface area contributed by atoms with E-state index in [4.69, 9.17) is 4.74 Å². The Labute approximate surface area is 171 Å². The van der Waals surface area contributed by atoms with Crippen LogP contribution >= 0.6 is 0 Å². The minimum absolute atomic E-state index is 0.00905. The van der Waals surface area contributed by atoms with Crippen molar-refractivity contribution in [1.29, 1.82) is 0 Å². The molecule has 2 aliphatic heterocycles. The lowest BCUT2D eigenvalue weighted by Crippen LogP contribution is -2.44. The van der Waals surface area contributed by atoms with E-state index in [0.717, 1.165) is 30.7 Å². The summed E-state index contributed by atoms with van der Waals surface area (Å²) in [4.78, 5) is 37.0. The summed E-state index contributed by atoms with van der Waals surface area (Å²) in [6, 6.07) is -0.442. The van der Waals surface area contributed by atoms with Crippen LogP contribution in [0.3, 0.4) is 0 Å². The Morgan fingerprint density at radius 3 is 2.45 bits per heavy atom. The van der Waals surface area contributed by atoms with Gasteiger partial charge in [0.05, 0.1) is 17.5 Å². The fraction of sp³-hybridized carbons (Fsp3) is 0.789. The third kappa shape index (κ3) is 5.77. The highest BCUT2D eigenvalue weighted by molar-refractivity contribution is 7.91. The molecule has 9 nitrogen and oxygen atoms in total. The second-order valence-electron chi connectivity index (χ2n) is 8.09. The Morgan fingerprint density at radius 1 is 1.14 bits per heavy atom. The van der Waals surface area contributed by atoms with Crippen LogP contribution in [-0.2, 0) is 29.0 Å². The highest BCUT2D eigenvalue weighted by Gasteiger charge is 2.38. The van der Waals surface area contributed by atoms with Crippen molar-refractivity contribution < 1.29 is 27.5 Å². The monoisotopic (exact) mass is 427 g/mol. The number of carbonyl (C=O) groups is 3. The molecule has 0 spiro atoms. The van der Waals surface area contributed by atoms with E-state index in [2.05, 4.69) is 10.4 Å². The summed E-state index contributed by atoms with van der Waals surface area (Å²) in [7, 11) is -3.19. The molecule has 3 aliphatic rings. The van der Waals surface area contributed by atoms with Crippen molar-refractivity contribution in [2.24, 2.45) is 5.10 Å². The SMILES string of the molecule is C[C@H](OC(=O)C1=NN([C@H]2CCS(=O)(=O)C2)C(=O)CC1)C(=O)NC1CCCCCC1. The second-order valence-corrected chi connectivity index (χ2v) is 10.3. The summed E-state index contributed by atoms with van der Waals surface area (Å²) >= 11 is 0. The number of hydrazone groups is 1. The molecule has 0 unspecified atom stereocenters. The molecule has 1 N–H and O–H groups in total. The summed E-state index contributed by atoms with van der Waals surface area (Å²) in [5, 5.41) is 8.14. The Bertz CT molecular complexity index is 786. The topological polar surface area (TPSA) is 122 Å². The molecule has 0 aromatic heterocycles. The van der Waals surface area contributed by atoms with Gasteiger partial charge in [-0.25, -0.2) is 18.2 Å². The van der Waals surface area contributed by atoms with Crippen molar-refractivity contribution in [3.63, 3.8) is 0 Å². The standard InChI is InChI=1S/C19H29N3O6S/c1-13(18(24)20-14-6-4-2-3-5-7-14)28-19(25)16-8-9-17(23)22(21-16)15-10-11-29(26,27)12-15/h13-15H,2-12H2,1H3,(H,20,24)/t13-,15-/m0/s1. The average Bonchev–Trinajstić information content (AvgIpc) is 2.86. The first-order valence-electron chi connectivity index (χ1n) is 10.4. The zero-order chi connectivity index (χ0) is 21.0. The number of nitrogens with one attached hydrogen (secondary N) is 1. The molecule has 2 amide bonds. The fourth-order valence-corrected chi connectivity index (χ4v) is 5.69. The van der Waals surface area contributed by atoms with Gasteiger partial charge in [0.15, 0.2) is 15.9 Å². The number of nitrogens with zero attached hydrogens (tertiary/aromatic N) is 2. The summed E-state index contributed by atoms with van der Waals surface area (Å²) in [6.07, 6.45) is 5.89. The molecule has 0 aromatic rings. The van der Waals surface area contributed by atoms with Gasteiger partial charge in [0.2, 0.25) is 5.91 Å². The maximum Gasteiger partial charge on any atom is 0.355 e. The predicted molar refractivity (Wildman–Crippen MR) is 106 cm³/mol. The Balaban J connectivity index is 1.57. The maximum absolute atomic E-state index is 12.5. The molecule has 2 heterocycles. The van der Waals surface area contributed by atoms with Gasteiger partial charge in [-0.15, -0.1) is 0 Å². The van der Waals surface area contributed by atoms with Crippen LogP contribution < -0.4 is 5.32 Å². The molecule has 10 heteroatoms. The van der Waals surface area contributed by atoms with E-state index in [1.54, 1.807) is 0 Å². The van der Waals surface area contributed by atoms with Gasteiger partial charge in [0.1, 0.15) is 5.71 Å². The van der Waals surface area contributed by atoms with Gasteiger partial charge in [-0.1, -0.05) is 25.7 Å². The molecule has 1 saturated heterocycles. The van der Waals surface area contributed by atoms with Crippen molar-refractivity contribution in [3.8, 4) is 0 Å². The minimum Gasteiger partial charge on any atom is -0.448 e. The van der Waals surface area contributed by atoms with Crippen LogP contribution in [0.2, 0.25) is 0 Å². The first-order chi connectivity index (χ1) is 13.7. The van der Waals surface area contributed by atoms with Crippen molar-refractivity contribution in [2.45, 2.75) is 82.9 Å². The van der Waals surface area contributed by atoms with Gasteiger partial charge in [-0.05, 0) is 26.2 Å². The van der Waals surface area contributed by atoms with E-state index in [0.29, 0.717) is 6.42 Å². The van der Waals surface area contributed by atoms with Gasteiger partial charge in [0, 0.05) is 18.9 Å². The quantitative estimate of drug-likeness (QED) is 0.514. The van der Waals surface area contributed by atoms with Gasteiger partial charge >= 0.3 is 5.97 Å². The summed E-state index contributed by atoms with van der Waals surface area (Å²) < 4.78 is 28.7. The van der Waals surface area contributed by atoms with E-state index in [-0.39, 0.29) is 47.9 Å². The predicted octanol–water partition coefficient (Wildman–Crippen LogP) is 0.923. The third-order valence-corrected chi connectivity index (χ3v) is 7.45. The number of rotatable bonds is 5. The Hall–Kier alpha value is -1.97. The lowest BCUT2D eigenvalue weighted by molar-refractivity contribution is -0.149. The molecule has 1 saturated carbocycles. The number of sulfone groups is 1. The van der Waals surface area contributed by atoms with Crippen molar-refractivity contribution >= 4 is 33.3 Å². The van der Waals surface area contributed by atoms with Crippen LogP contribution in [0.4, 0.5) is 0 Å². The number of carbonyl (C=O) groups excluding carboxylic acids is 3. The maximum atomic E-state index is 12.5. The van der Waals surface area contributed by atoms with Crippen LogP contribution in [0.15, 0.2) is 5.10 Å². The summed E-state index contributed by atoms with van der Waals surface area (Å²) in [5.74, 6) is -1.52. The van der Waals surface area contributed by atoms with Crippen molar-refractivity contribution in [3.05, 3.63) is 0 Å². The number of hydrogen-bond acceptors (Lipinski definition) is 7. The fourth-order valence-electron chi connectivity index (χ4n) is 4.00. The molecule has 0 bridgehead atoms. The molecule has 162 valence electrons. The largest absolute Gasteiger partial charge is 0.448 e. The molecule has 29 heavy (non-hydrogen) atoms. The van der Waals surface area contributed by atoms with Crippen molar-refractivity contribution in [1.82, 2.24) is 10.3 Å². The van der Waals surface area contributed by atoms with Crippen LogP contribution in [0, 0.1) is 0 Å². The molecule has 3 rings (SSSR count). The highest BCUT2D eigenvalue weighted by atomic mass is 32.2. The molecular weight excluding hydrogens is 398 g/mol. The van der Waals surface area contributed by atoms with Gasteiger partial charge < -0.3 is 10.1 Å². The lowest BCUT2D eigenvalue weighted by atomic mass is 10.1. The van der Waals surface area contributed by atoms with Gasteiger partial charge in [-0.2, -0.15) is 5.10 Å². The number of ether oxygens (including phenoxy) is 1.